The first-order valence-electron chi connectivity index (χ1n) is 8.28. The first-order valence-corrected chi connectivity index (χ1v) is 9.07. The Morgan fingerprint density at radius 2 is 1.77 bits per heavy atom. The van der Waals surface area contributed by atoms with E-state index in [1.54, 1.807) is 41.3 Å². The van der Waals surface area contributed by atoms with E-state index in [0.717, 1.165) is 4.47 Å². The number of anilines is 1. The maximum atomic E-state index is 13.7. The molecule has 0 spiro atoms. The summed E-state index contributed by atoms with van der Waals surface area (Å²) in [6, 6.07) is 11.2. The summed E-state index contributed by atoms with van der Waals surface area (Å²) in [6.07, 6.45) is 2.67. The SMILES string of the molecule is CCN(CC)C(=O)c1ccc(NC(=O)/C=C/c2cc(Br)ccc2F)cc1. The van der Waals surface area contributed by atoms with E-state index in [0.29, 0.717) is 29.9 Å². The van der Waals surface area contributed by atoms with Crippen LogP contribution in [0.15, 0.2) is 53.0 Å². The van der Waals surface area contributed by atoms with E-state index < -0.39 is 5.82 Å². The Bertz CT molecular complexity index is 815. The van der Waals surface area contributed by atoms with E-state index in [1.165, 1.54) is 18.2 Å². The van der Waals surface area contributed by atoms with E-state index in [2.05, 4.69) is 21.2 Å². The molecule has 0 fully saturated rings. The van der Waals surface area contributed by atoms with E-state index in [-0.39, 0.29) is 11.8 Å². The summed E-state index contributed by atoms with van der Waals surface area (Å²) < 4.78 is 14.4. The molecule has 6 heteroatoms. The zero-order valence-corrected chi connectivity index (χ0v) is 16.2. The Balaban J connectivity index is 2.02. The summed E-state index contributed by atoms with van der Waals surface area (Å²) in [7, 11) is 0. The second kappa shape index (κ2) is 9.29. The van der Waals surface area contributed by atoms with Crippen molar-refractivity contribution in [2.24, 2.45) is 0 Å². The summed E-state index contributed by atoms with van der Waals surface area (Å²) in [5, 5.41) is 2.68. The lowest BCUT2D eigenvalue weighted by Crippen LogP contribution is -2.30. The molecule has 0 aliphatic heterocycles. The van der Waals surface area contributed by atoms with Crippen molar-refractivity contribution in [1.29, 1.82) is 0 Å². The normalized spacial score (nSPS) is 10.8. The van der Waals surface area contributed by atoms with Gasteiger partial charge in [0, 0.05) is 40.5 Å². The molecule has 136 valence electrons. The first-order chi connectivity index (χ1) is 12.4. The van der Waals surface area contributed by atoms with Crippen molar-refractivity contribution in [3.8, 4) is 0 Å². The quantitative estimate of drug-likeness (QED) is 0.689. The van der Waals surface area contributed by atoms with Crippen LogP contribution in [0.25, 0.3) is 6.08 Å². The highest BCUT2D eigenvalue weighted by Crippen LogP contribution is 2.17. The molecule has 4 nitrogen and oxygen atoms in total. The zero-order chi connectivity index (χ0) is 19.1. The van der Waals surface area contributed by atoms with Gasteiger partial charge in [0.05, 0.1) is 0 Å². The van der Waals surface area contributed by atoms with Crippen molar-refractivity contribution < 1.29 is 14.0 Å². The van der Waals surface area contributed by atoms with Crippen LogP contribution in [0.4, 0.5) is 10.1 Å². The molecule has 0 saturated heterocycles. The van der Waals surface area contributed by atoms with Crippen LogP contribution in [0.3, 0.4) is 0 Å². The fraction of sp³-hybridized carbons (Fsp3) is 0.200. The molecule has 2 aromatic carbocycles. The molecule has 0 heterocycles. The highest BCUT2D eigenvalue weighted by atomic mass is 79.9. The molecular weight excluding hydrogens is 399 g/mol. The highest BCUT2D eigenvalue weighted by Gasteiger charge is 2.12. The Morgan fingerprint density at radius 3 is 2.38 bits per heavy atom. The average molecular weight is 419 g/mol. The number of hydrogen-bond donors (Lipinski definition) is 1. The number of nitrogens with zero attached hydrogens (tertiary/aromatic N) is 1. The standard InChI is InChI=1S/C20H20BrFN2O2/c1-3-24(4-2)20(26)14-5-9-17(10-6-14)23-19(25)12-7-15-13-16(21)8-11-18(15)22/h5-13H,3-4H2,1-2H3,(H,23,25)/b12-7+. The lowest BCUT2D eigenvalue weighted by Gasteiger charge is -2.18. The van der Waals surface area contributed by atoms with Gasteiger partial charge >= 0.3 is 0 Å². The highest BCUT2D eigenvalue weighted by molar-refractivity contribution is 9.10. The van der Waals surface area contributed by atoms with Crippen molar-refractivity contribution >= 4 is 39.5 Å². The molecule has 26 heavy (non-hydrogen) atoms. The average Bonchev–Trinajstić information content (AvgIpc) is 2.64. The smallest absolute Gasteiger partial charge is 0.253 e. The maximum absolute atomic E-state index is 13.7. The number of carbonyl (C=O) groups excluding carboxylic acids is 2. The molecule has 0 unspecified atom stereocenters. The molecule has 0 aliphatic rings. The summed E-state index contributed by atoms with van der Waals surface area (Å²) in [4.78, 5) is 26.0. The monoisotopic (exact) mass is 418 g/mol. The number of benzene rings is 2. The number of amides is 2. The maximum Gasteiger partial charge on any atom is 0.253 e. The summed E-state index contributed by atoms with van der Waals surface area (Å²) in [5.74, 6) is -0.832. The summed E-state index contributed by atoms with van der Waals surface area (Å²) in [5.41, 5.74) is 1.44. The molecule has 0 saturated carbocycles. The van der Waals surface area contributed by atoms with Gasteiger partial charge in [-0.3, -0.25) is 9.59 Å². The van der Waals surface area contributed by atoms with E-state index >= 15 is 0 Å². The van der Waals surface area contributed by atoms with Gasteiger partial charge in [0.15, 0.2) is 0 Å². The van der Waals surface area contributed by atoms with Crippen LogP contribution in [0.2, 0.25) is 0 Å². The van der Waals surface area contributed by atoms with Crippen LogP contribution in [0.1, 0.15) is 29.8 Å². The predicted molar refractivity (Wildman–Crippen MR) is 105 cm³/mol. The van der Waals surface area contributed by atoms with Crippen molar-refractivity contribution in [1.82, 2.24) is 4.90 Å². The van der Waals surface area contributed by atoms with Crippen molar-refractivity contribution in [3.63, 3.8) is 0 Å². The molecule has 0 bridgehead atoms. The van der Waals surface area contributed by atoms with Gasteiger partial charge in [0.25, 0.3) is 5.91 Å². The van der Waals surface area contributed by atoms with Crippen molar-refractivity contribution in [2.75, 3.05) is 18.4 Å². The third-order valence-corrected chi connectivity index (χ3v) is 4.32. The molecule has 0 aromatic heterocycles. The Kier molecular flexibility index (Phi) is 7.09. The van der Waals surface area contributed by atoms with Crippen LogP contribution < -0.4 is 5.32 Å². The van der Waals surface area contributed by atoms with E-state index in [9.17, 15) is 14.0 Å². The van der Waals surface area contributed by atoms with E-state index in [1.807, 2.05) is 13.8 Å². The number of halogens is 2. The van der Waals surface area contributed by atoms with Gasteiger partial charge in [-0.05, 0) is 62.4 Å². The van der Waals surface area contributed by atoms with Crippen LogP contribution in [-0.4, -0.2) is 29.8 Å². The molecule has 2 amide bonds. The molecule has 0 aliphatic carbocycles. The number of carbonyl (C=O) groups is 2. The van der Waals surface area contributed by atoms with Gasteiger partial charge in [0.2, 0.25) is 5.91 Å². The van der Waals surface area contributed by atoms with Gasteiger partial charge in [-0.25, -0.2) is 4.39 Å². The fourth-order valence-electron chi connectivity index (χ4n) is 2.38. The molecule has 2 rings (SSSR count). The predicted octanol–water partition coefficient (Wildman–Crippen LogP) is 4.72. The van der Waals surface area contributed by atoms with Crippen LogP contribution in [-0.2, 0) is 4.79 Å². The Labute approximate surface area is 160 Å². The minimum Gasteiger partial charge on any atom is -0.339 e. The largest absolute Gasteiger partial charge is 0.339 e. The number of hydrogen-bond acceptors (Lipinski definition) is 2. The van der Waals surface area contributed by atoms with Crippen LogP contribution in [0, 0.1) is 5.82 Å². The molecule has 0 radical (unpaired) electrons. The minimum absolute atomic E-state index is 0.0436. The second-order valence-corrected chi connectivity index (χ2v) is 6.46. The first kappa shape index (κ1) is 19.8. The lowest BCUT2D eigenvalue weighted by atomic mass is 10.1. The van der Waals surface area contributed by atoms with Gasteiger partial charge < -0.3 is 10.2 Å². The van der Waals surface area contributed by atoms with Gasteiger partial charge in [-0.15, -0.1) is 0 Å². The van der Waals surface area contributed by atoms with Gasteiger partial charge in [0.1, 0.15) is 5.82 Å². The minimum atomic E-state index is -0.406. The molecule has 1 N–H and O–H groups in total. The molecule has 2 aromatic rings. The topological polar surface area (TPSA) is 49.4 Å². The third-order valence-electron chi connectivity index (χ3n) is 3.82. The number of nitrogens with one attached hydrogen (secondary N) is 1. The van der Waals surface area contributed by atoms with Crippen molar-refractivity contribution in [2.45, 2.75) is 13.8 Å². The second-order valence-electron chi connectivity index (χ2n) is 5.54. The molecule has 0 atom stereocenters. The van der Waals surface area contributed by atoms with Crippen LogP contribution >= 0.6 is 15.9 Å². The lowest BCUT2D eigenvalue weighted by molar-refractivity contribution is -0.111. The number of rotatable bonds is 6. The van der Waals surface area contributed by atoms with Crippen LogP contribution in [0.5, 0.6) is 0 Å². The van der Waals surface area contributed by atoms with Crippen molar-refractivity contribution in [3.05, 3.63) is 70.0 Å². The van der Waals surface area contributed by atoms with E-state index in [4.69, 9.17) is 0 Å². The van der Waals surface area contributed by atoms with Gasteiger partial charge in [-0.2, -0.15) is 0 Å². The molecular formula is C20H20BrFN2O2. The Morgan fingerprint density at radius 1 is 1.12 bits per heavy atom. The fourth-order valence-corrected chi connectivity index (χ4v) is 2.76. The Hall–Kier alpha value is -2.47. The third kappa shape index (κ3) is 5.26. The summed E-state index contributed by atoms with van der Waals surface area (Å²) >= 11 is 3.26. The zero-order valence-electron chi connectivity index (χ0n) is 14.6. The summed E-state index contributed by atoms with van der Waals surface area (Å²) in [6.45, 7) is 5.14. The van der Waals surface area contributed by atoms with Gasteiger partial charge in [-0.1, -0.05) is 15.9 Å².